The van der Waals surface area contributed by atoms with Gasteiger partial charge in [0.05, 0.1) is 30.8 Å². The van der Waals surface area contributed by atoms with Crippen LogP contribution in [0.4, 0.5) is 10.5 Å². The van der Waals surface area contributed by atoms with Gasteiger partial charge in [-0.1, -0.05) is 60.7 Å². The van der Waals surface area contributed by atoms with Gasteiger partial charge in [0.2, 0.25) is 0 Å². The van der Waals surface area contributed by atoms with Crippen molar-refractivity contribution >= 4 is 29.6 Å². The summed E-state index contributed by atoms with van der Waals surface area (Å²) in [5, 5.41) is 2.33. The molecule has 1 aromatic heterocycles. The largest absolute Gasteiger partial charge is 0.497 e. The van der Waals surface area contributed by atoms with Crippen molar-refractivity contribution < 1.29 is 23.9 Å². The lowest BCUT2D eigenvalue weighted by atomic mass is 10.0. The molecule has 0 aliphatic carbocycles. The number of barbiturate groups is 1. The number of urea groups is 1. The van der Waals surface area contributed by atoms with Crippen LogP contribution >= 0.6 is 0 Å². The van der Waals surface area contributed by atoms with Crippen molar-refractivity contribution in [1.29, 1.82) is 0 Å². The van der Waals surface area contributed by atoms with Crippen molar-refractivity contribution in [2.24, 2.45) is 0 Å². The van der Waals surface area contributed by atoms with E-state index in [1.54, 1.807) is 30.3 Å². The van der Waals surface area contributed by atoms with Crippen LogP contribution in [0, 0.1) is 0 Å². The third kappa shape index (κ3) is 5.36. The lowest BCUT2D eigenvalue weighted by Crippen LogP contribution is -2.54. The number of anilines is 1. The molecule has 0 bridgehead atoms. The summed E-state index contributed by atoms with van der Waals surface area (Å²) in [7, 11) is 1.53. The Bertz CT molecular complexity index is 1860. The van der Waals surface area contributed by atoms with E-state index in [-0.39, 0.29) is 5.57 Å². The molecule has 0 unspecified atom stereocenters. The van der Waals surface area contributed by atoms with Crippen LogP contribution in [0.1, 0.15) is 12.5 Å². The Morgan fingerprint density at radius 1 is 0.727 bits per heavy atom. The van der Waals surface area contributed by atoms with Crippen LogP contribution in [-0.2, 0) is 9.59 Å². The predicted molar refractivity (Wildman–Crippen MR) is 170 cm³/mol. The molecule has 0 saturated carbocycles. The fourth-order valence-corrected chi connectivity index (χ4v) is 5.26. The average Bonchev–Trinajstić information content (AvgIpc) is 3.44. The maximum absolute atomic E-state index is 13.8. The van der Waals surface area contributed by atoms with Crippen LogP contribution < -0.4 is 19.7 Å². The Kier molecular flexibility index (Phi) is 7.80. The van der Waals surface area contributed by atoms with Gasteiger partial charge in [0.1, 0.15) is 17.1 Å². The number of imide groups is 2. The number of nitrogens with zero attached hydrogens (tertiary/aromatic N) is 2. The summed E-state index contributed by atoms with van der Waals surface area (Å²) in [4.78, 5) is 40.8. The van der Waals surface area contributed by atoms with Gasteiger partial charge >= 0.3 is 6.03 Å². The molecule has 44 heavy (non-hydrogen) atoms. The zero-order valence-corrected chi connectivity index (χ0v) is 24.2. The zero-order chi connectivity index (χ0) is 30.6. The zero-order valence-electron chi connectivity index (χ0n) is 24.2. The van der Waals surface area contributed by atoms with Crippen LogP contribution in [-0.4, -0.2) is 36.1 Å². The first kappa shape index (κ1) is 28.2. The van der Waals surface area contributed by atoms with Gasteiger partial charge in [-0.2, -0.15) is 0 Å². The van der Waals surface area contributed by atoms with Crippen LogP contribution in [0.2, 0.25) is 0 Å². The van der Waals surface area contributed by atoms with E-state index in [1.165, 1.54) is 7.11 Å². The maximum atomic E-state index is 13.8. The minimum Gasteiger partial charge on any atom is -0.497 e. The third-order valence-corrected chi connectivity index (χ3v) is 7.29. The van der Waals surface area contributed by atoms with Gasteiger partial charge in [0.15, 0.2) is 0 Å². The number of ether oxygens (including phenoxy) is 2. The summed E-state index contributed by atoms with van der Waals surface area (Å²) >= 11 is 0. The van der Waals surface area contributed by atoms with Crippen LogP contribution in [0.3, 0.4) is 0 Å². The number of aromatic nitrogens is 1. The van der Waals surface area contributed by atoms with E-state index in [0.29, 0.717) is 23.6 Å². The molecule has 0 spiro atoms. The van der Waals surface area contributed by atoms with Crippen molar-refractivity contribution in [3.05, 3.63) is 126 Å². The van der Waals surface area contributed by atoms with Crippen molar-refractivity contribution in [2.45, 2.75) is 6.92 Å². The maximum Gasteiger partial charge on any atom is 0.335 e. The molecule has 1 fully saturated rings. The Balaban J connectivity index is 1.56. The molecule has 8 nitrogen and oxygen atoms in total. The summed E-state index contributed by atoms with van der Waals surface area (Å²) in [5.74, 6) is -0.167. The molecule has 1 N–H and O–H groups in total. The standard InChI is InChI=1S/C36H29N3O5/c1-3-44-30-20-16-27(17-21-30)38-32(24-10-6-4-7-11-24)23-26(33(38)25-12-8-5-9-13-25)22-31-34(40)37-36(42)39(35(31)41)28-14-18-29(43-2)19-15-28/h4-23H,3H2,1-2H3,(H,37,40,42)/b31-22+. The number of carbonyl (C=O) groups excluding carboxylic acids is 3. The van der Waals surface area contributed by atoms with E-state index in [1.807, 2.05) is 97.9 Å². The van der Waals surface area contributed by atoms with Gasteiger partial charge in [-0.15, -0.1) is 0 Å². The molecule has 0 radical (unpaired) electrons. The SMILES string of the molecule is CCOc1ccc(-n2c(-c3ccccc3)cc(/C=C3\C(=O)NC(=O)N(c4ccc(OC)cc4)C3=O)c2-c2ccccc2)cc1. The second kappa shape index (κ2) is 12.1. The fourth-order valence-electron chi connectivity index (χ4n) is 5.26. The van der Waals surface area contributed by atoms with E-state index in [0.717, 1.165) is 38.9 Å². The number of nitrogens with one attached hydrogen (secondary N) is 1. The number of methoxy groups -OCH3 is 1. The summed E-state index contributed by atoms with van der Waals surface area (Å²) in [5.41, 5.74) is 5.09. The normalized spacial score (nSPS) is 14.1. The second-order valence-electron chi connectivity index (χ2n) is 9.98. The van der Waals surface area contributed by atoms with E-state index in [9.17, 15) is 14.4 Å². The Morgan fingerprint density at radius 3 is 1.93 bits per heavy atom. The van der Waals surface area contributed by atoms with Crippen molar-refractivity contribution in [3.8, 4) is 39.7 Å². The third-order valence-electron chi connectivity index (χ3n) is 7.29. The number of benzene rings is 4. The summed E-state index contributed by atoms with van der Waals surface area (Å²) in [6.07, 6.45) is 1.56. The number of hydrogen-bond acceptors (Lipinski definition) is 5. The molecule has 4 aromatic carbocycles. The lowest BCUT2D eigenvalue weighted by molar-refractivity contribution is -0.122. The highest BCUT2D eigenvalue weighted by atomic mass is 16.5. The monoisotopic (exact) mass is 583 g/mol. The van der Waals surface area contributed by atoms with Crippen LogP contribution in [0.5, 0.6) is 11.5 Å². The van der Waals surface area contributed by atoms with Crippen molar-refractivity contribution in [1.82, 2.24) is 9.88 Å². The minimum atomic E-state index is -0.817. The molecule has 2 heterocycles. The number of carbonyl (C=O) groups is 3. The Labute approximate surface area is 254 Å². The Morgan fingerprint density at radius 2 is 1.32 bits per heavy atom. The molecular formula is C36H29N3O5. The molecule has 5 aromatic rings. The molecule has 1 aliphatic rings. The number of rotatable bonds is 8. The fraction of sp³-hybridized carbons (Fsp3) is 0.0833. The molecule has 0 atom stereocenters. The van der Waals surface area contributed by atoms with Crippen molar-refractivity contribution in [3.63, 3.8) is 0 Å². The number of hydrogen-bond donors (Lipinski definition) is 1. The van der Waals surface area contributed by atoms with E-state index in [2.05, 4.69) is 9.88 Å². The van der Waals surface area contributed by atoms with Gasteiger partial charge in [0, 0.05) is 11.3 Å². The topological polar surface area (TPSA) is 89.9 Å². The van der Waals surface area contributed by atoms with E-state index in [4.69, 9.17) is 9.47 Å². The minimum absolute atomic E-state index is 0.166. The van der Waals surface area contributed by atoms with Crippen LogP contribution in [0.25, 0.3) is 34.3 Å². The highest BCUT2D eigenvalue weighted by molar-refractivity contribution is 6.39. The van der Waals surface area contributed by atoms with Crippen molar-refractivity contribution in [2.75, 3.05) is 18.6 Å². The first-order valence-corrected chi connectivity index (χ1v) is 14.1. The summed E-state index contributed by atoms with van der Waals surface area (Å²) in [6.45, 7) is 2.49. The molecular weight excluding hydrogens is 554 g/mol. The van der Waals surface area contributed by atoms with Gasteiger partial charge < -0.3 is 14.0 Å². The predicted octanol–water partition coefficient (Wildman–Crippen LogP) is 6.89. The summed E-state index contributed by atoms with van der Waals surface area (Å²) < 4.78 is 13.0. The molecule has 1 saturated heterocycles. The smallest absolute Gasteiger partial charge is 0.335 e. The second-order valence-corrected chi connectivity index (χ2v) is 9.98. The highest BCUT2D eigenvalue weighted by Gasteiger charge is 2.37. The molecule has 6 rings (SSSR count). The highest BCUT2D eigenvalue weighted by Crippen LogP contribution is 2.38. The lowest BCUT2D eigenvalue weighted by Gasteiger charge is -2.26. The van der Waals surface area contributed by atoms with Gasteiger partial charge in [-0.05, 0) is 78.7 Å². The van der Waals surface area contributed by atoms with Gasteiger partial charge in [-0.25, -0.2) is 9.69 Å². The van der Waals surface area contributed by atoms with Gasteiger partial charge in [-0.3, -0.25) is 14.9 Å². The first-order valence-electron chi connectivity index (χ1n) is 14.1. The molecule has 1 aliphatic heterocycles. The van der Waals surface area contributed by atoms with Crippen LogP contribution in [0.15, 0.2) is 121 Å². The average molecular weight is 584 g/mol. The first-order chi connectivity index (χ1) is 21.5. The van der Waals surface area contributed by atoms with E-state index < -0.39 is 17.8 Å². The molecule has 4 amide bonds. The quantitative estimate of drug-likeness (QED) is 0.159. The molecule has 8 heteroatoms. The number of amides is 4. The van der Waals surface area contributed by atoms with E-state index >= 15 is 0 Å². The molecule has 218 valence electrons. The Hall–Kier alpha value is -5.89. The van der Waals surface area contributed by atoms with Gasteiger partial charge in [0.25, 0.3) is 11.8 Å². The summed E-state index contributed by atoms with van der Waals surface area (Å²) in [6, 6.07) is 35.0.